The lowest BCUT2D eigenvalue weighted by molar-refractivity contribution is 1.06. The number of benzene rings is 1. The van der Waals surface area contributed by atoms with Crippen LogP contribution in [0.5, 0.6) is 0 Å². The maximum Gasteiger partial charge on any atom is 0.253 e. The molecule has 0 amide bonds. The first kappa shape index (κ1) is 17.5. The first-order valence-electron chi connectivity index (χ1n) is 10.0. The predicted octanol–water partition coefficient (Wildman–Crippen LogP) is 5.45. The lowest BCUT2D eigenvalue weighted by Gasteiger charge is -2.11. The molecule has 1 aromatic carbocycles. The van der Waals surface area contributed by atoms with Crippen LogP contribution in [0.25, 0.3) is 43.6 Å². The number of thiazole rings is 1. The van der Waals surface area contributed by atoms with Crippen LogP contribution in [0.15, 0.2) is 59.7 Å². The third-order valence-electron chi connectivity index (χ3n) is 5.64. The fourth-order valence-corrected chi connectivity index (χ4v) is 4.75. The van der Waals surface area contributed by atoms with Crippen molar-refractivity contribution in [1.29, 1.82) is 0 Å². The third kappa shape index (κ3) is 2.92. The van der Waals surface area contributed by atoms with Crippen LogP contribution in [-0.2, 0) is 0 Å². The van der Waals surface area contributed by atoms with Gasteiger partial charge in [-0.3, -0.25) is 9.78 Å². The molecule has 0 unspecified atom stereocenters. The van der Waals surface area contributed by atoms with E-state index in [-0.39, 0.29) is 5.56 Å². The first-order valence-corrected chi connectivity index (χ1v) is 10.8. The molecule has 1 saturated carbocycles. The molecular formula is C24H18N4OS. The Bertz CT molecular complexity index is 1500. The highest BCUT2D eigenvalue weighted by atomic mass is 32.1. The monoisotopic (exact) mass is 410 g/mol. The highest BCUT2D eigenvalue weighted by molar-refractivity contribution is 7.15. The molecule has 5 nitrogen and oxygen atoms in total. The molecule has 6 rings (SSSR count). The van der Waals surface area contributed by atoms with Crippen molar-refractivity contribution in [3.05, 3.63) is 75.8 Å². The fourth-order valence-electron chi connectivity index (χ4n) is 3.97. The number of aryl methyl sites for hydroxylation is 1. The van der Waals surface area contributed by atoms with Gasteiger partial charge in [0.15, 0.2) is 0 Å². The van der Waals surface area contributed by atoms with Gasteiger partial charge >= 0.3 is 0 Å². The average molecular weight is 411 g/mol. The Labute approximate surface area is 176 Å². The summed E-state index contributed by atoms with van der Waals surface area (Å²) >= 11 is 1.61. The van der Waals surface area contributed by atoms with E-state index in [1.165, 1.54) is 0 Å². The number of aromatic nitrogens is 4. The predicted molar refractivity (Wildman–Crippen MR) is 121 cm³/mol. The van der Waals surface area contributed by atoms with Gasteiger partial charge in [-0.25, -0.2) is 9.97 Å². The van der Waals surface area contributed by atoms with Crippen LogP contribution in [0.4, 0.5) is 0 Å². The van der Waals surface area contributed by atoms with E-state index in [0.717, 1.165) is 61.4 Å². The molecular weight excluding hydrogens is 392 g/mol. The summed E-state index contributed by atoms with van der Waals surface area (Å²) in [5, 5.41) is 3.03. The summed E-state index contributed by atoms with van der Waals surface area (Å²) in [6, 6.07) is 14.5. The number of H-pyrrole nitrogens is 1. The molecule has 1 aliphatic carbocycles. The highest BCUT2D eigenvalue weighted by Crippen LogP contribution is 2.40. The summed E-state index contributed by atoms with van der Waals surface area (Å²) in [5.74, 6) is 0.386. The van der Waals surface area contributed by atoms with Crippen LogP contribution < -0.4 is 5.56 Å². The van der Waals surface area contributed by atoms with Gasteiger partial charge in [-0.2, -0.15) is 0 Å². The van der Waals surface area contributed by atoms with Gasteiger partial charge in [0, 0.05) is 34.3 Å². The van der Waals surface area contributed by atoms with E-state index in [2.05, 4.69) is 39.2 Å². The van der Waals surface area contributed by atoms with Crippen molar-refractivity contribution in [2.45, 2.75) is 25.7 Å². The Balaban J connectivity index is 1.64. The topological polar surface area (TPSA) is 71.5 Å². The quantitative estimate of drug-likeness (QED) is 0.429. The molecule has 0 atom stereocenters. The smallest absolute Gasteiger partial charge is 0.253 e. The molecule has 4 heterocycles. The molecule has 0 aliphatic heterocycles. The maximum absolute atomic E-state index is 12.6. The Morgan fingerprint density at radius 1 is 1.07 bits per heavy atom. The van der Waals surface area contributed by atoms with Gasteiger partial charge in [-0.15, -0.1) is 11.3 Å². The summed E-state index contributed by atoms with van der Waals surface area (Å²) in [5.41, 5.74) is 5.39. The largest absolute Gasteiger partial charge is 0.306 e. The molecule has 0 spiro atoms. The molecule has 30 heavy (non-hydrogen) atoms. The maximum atomic E-state index is 12.6. The number of aromatic amines is 1. The number of pyridine rings is 3. The molecule has 0 radical (unpaired) electrons. The number of hydrogen-bond donors (Lipinski definition) is 1. The number of fused-ring (bicyclic) bond motifs is 2. The second kappa shape index (κ2) is 6.57. The zero-order chi connectivity index (χ0) is 20.2. The minimum atomic E-state index is -0.0199. The van der Waals surface area contributed by atoms with Crippen LogP contribution in [-0.4, -0.2) is 19.9 Å². The van der Waals surface area contributed by atoms with Gasteiger partial charge in [0.2, 0.25) is 0 Å². The van der Waals surface area contributed by atoms with Gasteiger partial charge in [0.1, 0.15) is 5.65 Å². The number of rotatable bonds is 3. The molecule has 1 fully saturated rings. The van der Waals surface area contributed by atoms with Gasteiger partial charge in [0.25, 0.3) is 5.56 Å². The second-order valence-electron chi connectivity index (χ2n) is 7.80. The van der Waals surface area contributed by atoms with E-state index in [4.69, 9.17) is 4.98 Å². The van der Waals surface area contributed by atoms with Crippen molar-refractivity contribution >= 4 is 33.3 Å². The van der Waals surface area contributed by atoms with Gasteiger partial charge in [-0.05, 0) is 61.6 Å². The summed E-state index contributed by atoms with van der Waals surface area (Å²) in [7, 11) is 0. The van der Waals surface area contributed by atoms with Crippen molar-refractivity contribution in [3.63, 3.8) is 0 Å². The molecule has 0 bridgehead atoms. The highest BCUT2D eigenvalue weighted by Gasteiger charge is 2.27. The molecule has 5 aromatic rings. The lowest BCUT2D eigenvalue weighted by Crippen LogP contribution is -2.12. The van der Waals surface area contributed by atoms with E-state index in [1.54, 1.807) is 17.5 Å². The first-order chi connectivity index (χ1) is 14.7. The van der Waals surface area contributed by atoms with E-state index in [0.29, 0.717) is 11.6 Å². The van der Waals surface area contributed by atoms with Gasteiger partial charge in [-0.1, -0.05) is 12.1 Å². The van der Waals surface area contributed by atoms with Crippen LogP contribution in [0, 0.1) is 6.92 Å². The standard InChI is InChI=1S/C24H18N4OS/c1-13-26-12-21(30-13)22-18(15-6-7-20-16(9-15)3-2-8-25-20)10-17-11-19(14-4-5-14)24(29)28-23(17)27-22/h2-3,6-12,14H,4-5H2,1H3,(H,27,28,29). The number of hydrogen-bond acceptors (Lipinski definition) is 5. The zero-order valence-corrected chi connectivity index (χ0v) is 17.2. The Hall–Kier alpha value is -3.38. The SMILES string of the molecule is Cc1ncc(-c2nc3[nH]c(=O)c(C4CC4)cc3cc2-c2ccc3ncccc3c2)s1. The number of nitrogens with zero attached hydrogens (tertiary/aromatic N) is 3. The van der Waals surface area contributed by atoms with E-state index >= 15 is 0 Å². The van der Waals surface area contributed by atoms with Crippen LogP contribution >= 0.6 is 11.3 Å². The van der Waals surface area contributed by atoms with E-state index in [1.807, 2.05) is 31.3 Å². The average Bonchev–Trinajstić information content (AvgIpc) is 3.52. The van der Waals surface area contributed by atoms with Crippen molar-refractivity contribution in [2.75, 3.05) is 0 Å². The fraction of sp³-hybridized carbons (Fsp3) is 0.167. The van der Waals surface area contributed by atoms with Gasteiger partial charge < -0.3 is 4.98 Å². The van der Waals surface area contributed by atoms with Crippen molar-refractivity contribution in [2.24, 2.45) is 0 Å². The summed E-state index contributed by atoms with van der Waals surface area (Å²) < 4.78 is 0. The molecule has 1 N–H and O–H groups in total. The van der Waals surface area contributed by atoms with Crippen LogP contribution in [0.2, 0.25) is 0 Å². The molecule has 6 heteroatoms. The van der Waals surface area contributed by atoms with Crippen molar-refractivity contribution in [1.82, 2.24) is 19.9 Å². The Kier molecular flexibility index (Phi) is 3.83. The lowest BCUT2D eigenvalue weighted by atomic mass is 9.99. The molecule has 1 aliphatic rings. The van der Waals surface area contributed by atoms with Crippen molar-refractivity contribution < 1.29 is 0 Å². The van der Waals surface area contributed by atoms with Crippen LogP contribution in [0.1, 0.15) is 29.3 Å². The minimum Gasteiger partial charge on any atom is -0.306 e. The van der Waals surface area contributed by atoms with E-state index < -0.39 is 0 Å². The summed E-state index contributed by atoms with van der Waals surface area (Å²) in [4.78, 5) is 30.3. The Morgan fingerprint density at radius 2 is 1.97 bits per heavy atom. The van der Waals surface area contributed by atoms with E-state index in [9.17, 15) is 4.79 Å². The molecule has 146 valence electrons. The van der Waals surface area contributed by atoms with Crippen LogP contribution in [0.3, 0.4) is 0 Å². The Morgan fingerprint density at radius 3 is 2.77 bits per heavy atom. The van der Waals surface area contributed by atoms with Crippen molar-refractivity contribution in [3.8, 4) is 21.7 Å². The normalized spacial score (nSPS) is 13.9. The summed E-state index contributed by atoms with van der Waals surface area (Å²) in [6.45, 7) is 1.99. The molecule has 0 saturated heterocycles. The van der Waals surface area contributed by atoms with Gasteiger partial charge in [0.05, 0.1) is 21.1 Å². The minimum absolute atomic E-state index is 0.0199. The zero-order valence-electron chi connectivity index (χ0n) is 16.3. The summed E-state index contributed by atoms with van der Waals surface area (Å²) in [6.07, 6.45) is 5.84. The third-order valence-corrected chi connectivity index (χ3v) is 6.56. The molecule has 4 aromatic heterocycles. The second-order valence-corrected chi connectivity index (χ2v) is 9.04. The number of nitrogens with one attached hydrogen (secondary N) is 1.